The number of benzene rings is 1. The molecule has 1 heterocycles. The van der Waals surface area contributed by atoms with Gasteiger partial charge in [0.25, 0.3) is 0 Å². The Labute approximate surface area is 181 Å². The quantitative estimate of drug-likeness (QED) is 0.354. The monoisotopic (exact) mass is 433 g/mol. The van der Waals surface area contributed by atoms with Gasteiger partial charge in [0.05, 0.1) is 17.2 Å². The van der Waals surface area contributed by atoms with Gasteiger partial charge in [-0.2, -0.15) is 5.10 Å². The van der Waals surface area contributed by atoms with Gasteiger partial charge in [-0.05, 0) is 24.8 Å². The predicted molar refractivity (Wildman–Crippen MR) is 123 cm³/mol. The highest BCUT2D eigenvalue weighted by molar-refractivity contribution is 7.90. The van der Waals surface area contributed by atoms with Gasteiger partial charge in [-0.1, -0.05) is 44.2 Å². The first kappa shape index (κ1) is 23.9. The molecule has 7 nitrogen and oxygen atoms in total. The third-order valence-corrected chi connectivity index (χ3v) is 6.38. The van der Waals surface area contributed by atoms with E-state index in [1.165, 1.54) is 5.56 Å². The lowest BCUT2D eigenvalue weighted by Gasteiger charge is -2.22. The minimum Gasteiger partial charge on any atom is -0.357 e. The highest BCUT2D eigenvalue weighted by atomic mass is 32.2. The van der Waals surface area contributed by atoms with E-state index in [1.54, 1.807) is 0 Å². The summed E-state index contributed by atoms with van der Waals surface area (Å²) in [6, 6.07) is 9.30. The zero-order valence-corrected chi connectivity index (χ0v) is 19.6. The summed E-state index contributed by atoms with van der Waals surface area (Å²) in [5.74, 6) is 1.34. The van der Waals surface area contributed by atoms with Crippen molar-refractivity contribution in [1.82, 2.24) is 20.0 Å². The minimum atomic E-state index is -3.14. The van der Waals surface area contributed by atoms with Crippen molar-refractivity contribution >= 4 is 15.8 Å². The molecule has 0 amide bonds. The number of aryl methyl sites for hydroxylation is 1. The van der Waals surface area contributed by atoms with E-state index in [0.29, 0.717) is 25.4 Å². The fourth-order valence-electron chi connectivity index (χ4n) is 3.33. The molecule has 1 aromatic carbocycles. The van der Waals surface area contributed by atoms with Crippen LogP contribution in [0, 0.1) is 0 Å². The zero-order valence-electron chi connectivity index (χ0n) is 18.8. The summed E-state index contributed by atoms with van der Waals surface area (Å²) in [4.78, 5) is 6.70. The van der Waals surface area contributed by atoms with E-state index in [4.69, 9.17) is 0 Å². The molecule has 0 radical (unpaired) electrons. The summed E-state index contributed by atoms with van der Waals surface area (Å²) >= 11 is 0. The topological polar surface area (TPSA) is 79.6 Å². The first-order valence-corrected chi connectivity index (χ1v) is 12.3. The van der Waals surface area contributed by atoms with Gasteiger partial charge in [0.1, 0.15) is 0 Å². The minimum absolute atomic E-state index is 0.0799. The van der Waals surface area contributed by atoms with E-state index in [1.807, 2.05) is 62.2 Å². The fourth-order valence-corrected chi connectivity index (χ4v) is 4.75. The van der Waals surface area contributed by atoms with Crippen LogP contribution in [0.5, 0.6) is 0 Å². The fraction of sp³-hybridized carbons (Fsp3) is 0.545. The van der Waals surface area contributed by atoms with Crippen LogP contribution in [0.2, 0.25) is 0 Å². The normalized spacial score (nSPS) is 12.4. The lowest BCUT2D eigenvalue weighted by Crippen LogP contribution is -2.38. The average Bonchev–Trinajstić information content (AvgIpc) is 3.05. The SMILES string of the molecule is CCNC(=NCCCS(=O)(=O)Cc1ccccc1)N(C)Cc1cn(C)nc1C(C)C. The van der Waals surface area contributed by atoms with Crippen molar-refractivity contribution < 1.29 is 8.42 Å². The number of nitrogens with zero attached hydrogens (tertiary/aromatic N) is 4. The molecule has 2 aromatic rings. The zero-order chi connectivity index (χ0) is 22.1. The van der Waals surface area contributed by atoms with Crippen molar-refractivity contribution in [3.8, 4) is 0 Å². The number of aliphatic imine (C=N–C) groups is 1. The molecule has 0 aliphatic rings. The Morgan fingerprint density at radius 2 is 1.97 bits per heavy atom. The molecule has 2 rings (SSSR count). The molecule has 0 unspecified atom stereocenters. The van der Waals surface area contributed by atoms with E-state index < -0.39 is 9.84 Å². The van der Waals surface area contributed by atoms with Crippen LogP contribution in [-0.2, 0) is 29.2 Å². The molecule has 1 aromatic heterocycles. The van der Waals surface area contributed by atoms with Crippen molar-refractivity contribution in [2.75, 3.05) is 25.9 Å². The van der Waals surface area contributed by atoms with Crippen molar-refractivity contribution in [3.63, 3.8) is 0 Å². The number of rotatable bonds is 10. The second kappa shape index (κ2) is 11.2. The van der Waals surface area contributed by atoms with Gasteiger partial charge in [0, 0.05) is 45.5 Å². The number of hydrogen-bond donors (Lipinski definition) is 1. The van der Waals surface area contributed by atoms with Gasteiger partial charge in [-0.25, -0.2) is 8.42 Å². The smallest absolute Gasteiger partial charge is 0.193 e. The van der Waals surface area contributed by atoms with Crippen LogP contribution < -0.4 is 5.32 Å². The molecule has 0 spiro atoms. The first-order valence-electron chi connectivity index (χ1n) is 10.5. The Balaban J connectivity index is 1.95. The summed E-state index contributed by atoms with van der Waals surface area (Å²) in [7, 11) is 0.786. The Kier molecular flexibility index (Phi) is 8.89. The molecule has 0 saturated heterocycles. The third-order valence-electron chi connectivity index (χ3n) is 4.69. The van der Waals surface area contributed by atoms with Crippen molar-refractivity contribution in [3.05, 3.63) is 53.3 Å². The maximum atomic E-state index is 12.4. The average molecular weight is 434 g/mol. The molecular weight excluding hydrogens is 398 g/mol. The van der Waals surface area contributed by atoms with E-state index in [9.17, 15) is 8.42 Å². The highest BCUT2D eigenvalue weighted by Crippen LogP contribution is 2.18. The van der Waals surface area contributed by atoms with Gasteiger partial charge in [-0.3, -0.25) is 9.67 Å². The molecule has 30 heavy (non-hydrogen) atoms. The Hall–Kier alpha value is -2.35. The van der Waals surface area contributed by atoms with Gasteiger partial charge >= 0.3 is 0 Å². The number of aromatic nitrogens is 2. The lowest BCUT2D eigenvalue weighted by molar-refractivity contribution is 0.473. The van der Waals surface area contributed by atoms with Gasteiger partial charge < -0.3 is 10.2 Å². The van der Waals surface area contributed by atoms with Crippen molar-refractivity contribution in [2.45, 2.75) is 45.4 Å². The third kappa shape index (κ3) is 7.48. The van der Waals surface area contributed by atoms with Crippen LogP contribution in [0.3, 0.4) is 0 Å². The van der Waals surface area contributed by atoms with Crippen LogP contribution in [0.25, 0.3) is 0 Å². The van der Waals surface area contributed by atoms with Crippen LogP contribution in [0.1, 0.15) is 49.9 Å². The standard InChI is InChI=1S/C22H35N5O2S/c1-6-23-22(26(4)15-20-16-27(5)25-21(20)18(2)3)24-13-10-14-30(28,29)17-19-11-8-7-9-12-19/h7-9,11-12,16,18H,6,10,13-15,17H2,1-5H3,(H,23,24). The van der Waals surface area contributed by atoms with Crippen LogP contribution in [0.4, 0.5) is 0 Å². The molecule has 8 heteroatoms. The first-order chi connectivity index (χ1) is 14.2. The Morgan fingerprint density at radius 1 is 1.27 bits per heavy atom. The number of guanidine groups is 1. The lowest BCUT2D eigenvalue weighted by atomic mass is 10.1. The molecule has 166 valence electrons. The summed E-state index contributed by atoms with van der Waals surface area (Å²) in [6.07, 6.45) is 2.55. The molecule has 0 fully saturated rings. The molecule has 0 bridgehead atoms. The molecule has 0 aliphatic carbocycles. The number of hydrogen-bond acceptors (Lipinski definition) is 4. The molecule has 0 atom stereocenters. The van der Waals surface area contributed by atoms with Gasteiger partial charge in [0.15, 0.2) is 15.8 Å². The van der Waals surface area contributed by atoms with E-state index in [-0.39, 0.29) is 11.5 Å². The second-order valence-corrected chi connectivity index (χ2v) is 10.1. The molecule has 0 saturated carbocycles. The molecule has 0 aliphatic heterocycles. The van der Waals surface area contributed by atoms with E-state index in [0.717, 1.165) is 23.8 Å². The van der Waals surface area contributed by atoms with Gasteiger partial charge in [0.2, 0.25) is 0 Å². The van der Waals surface area contributed by atoms with Gasteiger partial charge in [-0.15, -0.1) is 0 Å². The summed E-state index contributed by atoms with van der Waals surface area (Å²) in [5.41, 5.74) is 3.09. The highest BCUT2D eigenvalue weighted by Gasteiger charge is 2.15. The van der Waals surface area contributed by atoms with Crippen LogP contribution in [-0.4, -0.2) is 54.9 Å². The maximum Gasteiger partial charge on any atom is 0.193 e. The van der Waals surface area contributed by atoms with Crippen molar-refractivity contribution in [1.29, 1.82) is 0 Å². The molecule has 1 N–H and O–H groups in total. The number of nitrogens with one attached hydrogen (secondary N) is 1. The van der Waals surface area contributed by atoms with E-state index in [2.05, 4.69) is 34.2 Å². The predicted octanol–water partition coefficient (Wildman–Crippen LogP) is 2.95. The Morgan fingerprint density at radius 3 is 2.60 bits per heavy atom. The summed E-state index contributed by atoms with van der Waals surface area (Å²) < 4.78 is 26.6. The summed E-state index contributed by atoms with van der Waals surface area (Å²) in [6.45, 7) is 8.21. The summed E-state index contributed by atoms with van der Waals surface area (Å²) in [5, 5.41) is 7.86. The Bertz CT molecular complexity index is 920. The maximum absolute atomic E-state index is 12.4. The van der Waals surface area contributed by atoms with Crippen molar-refractivity contribution in [2.24, 2.45) is 12.0 Å². The number of sulfone groups is 1. The van der Waals surface area contributed by atoms with E-state index >= 15 is 0 Å². The largest absolute Gasteiger partial charge is 0.357 e. The van der Waals surface area contributed by atoms with Crippen LogP contribution >= 0.6 is 0 Å². The second-order valence-electron chi connectivity index (χ2n) is 7.89. The molecular formula is C22H35N5O2S. The van der Waals surface area contributed by atoms with Crippen LogP contribution in [0.15, 0.2) is 41.5 Å².